The number of carbonyl (C=O) groups is 1. The van der Waals surface area contributed by atoms with Crippen LogP contribution >= 0.6 is 0 Å². The molecule has 0 unspecified atom stereocenters. The van der Waals surface area contributed by atoms with E-state index in [9.17, 15) is 4.79 Å². The molecule has 0 aromatic heterocycles. The largest absolute Gasteiger partial charge is 0.497 e. The van der Waals surface area contributed by atoms with Crippen LogP contribution in [0.1, 0.15) is 5.56 Å². The van der Waals surface area contributed by atoms with Crippen molar-refractivity contribution in [2.45, 2.75) is 6.42 Å². The number of ether oxygens (including phenoxy) is 1. The highest BCUT2D eigenvalue weighted by molar-refractivity contribution is 5.71. The van der Waals surface area contributed by atoms with Crippen molar-refractivity contribution >= 4 is 17.3 Å². The number of methoxy groups -OCH3 is 1. The summed E-state index contributed by atoms with van der Waals surface area (Å²) in [6.07, 6.45) is 0.0259. The van der Waals surface area contributed by atoms with Crippen LogP contribution in [-0.2, 0) is 11.2 Å². The van der Waals surface area contributed by atoms with Gasteiger partial charge in [-0.05, 0) is 42.0 Å². The lowest BCUT2D eigenvalue weighted by Gasteiger charge is -2.08. The van der Waals surface area contributed by atoms with Gasteiger partial charge in [-0.2, -0.15) is 0 Å². The Morgan fingerprint density at radius 1 is 1.16 bits per heavy atom. The quantitative estimate of drug-likeness (QED) is 0.864. The zero-order valence-electron chi connectivity index (χ0n) is 10.6. The molecule has 0 saturated heterocycles. The molecule has 0 aliphatic carbocycles. The molecule has 0 amide bonds. The molecule has 0 fully saturated rings. The predicted molar refractivity (Wildman–Crippen MR) is 74.1 cm³/mol. The van der Waals surface area contributed by atoms with Gasteiger partial charge in [0.15, 0.2) is 0 Å². The molecular formula is C15H15NO3. The minimum atomic E-state index is -0.832. The Morgan fingerprint density at radius 2 is 1.89 bits per heavy atom. The van der Waals surface area contributed by atoms with E-state index in [1.54, 1.807) is 13.2 Å². The number of nitrogens with one attached hydrogen (secondary N) is 1. The van der Waals surface area contributed by atoms with E-state index in [1.165, 1.54) is 0 Å². The van der Waals surface area contributed by atoms with Crippen molar-refractivity contribution in [3.63, 3.8) is 0 Å². The molecule has 0 atom stereocenters. The Labute approximate surface area is 111 Å². The van der Waals surface area contributed by atoms with E-state index in [0.29, 0.717) is 0 Å². The average Bonchev–Trinajstić information content (AvgIpc) is 2.39. The molecule has 4 heteroatoms. The maximum absolute atomic E-state index is 10.7. The van der Waals surface area contributed by atoms with Gasteiger partial charge in [-0.3, -0.25) is 4.79 Å². The van der Waals surface area contributed by atoms with Crippen molar-refractivity contribution in [3.8, 4) is 5.75 Å². The lowest BCUT2D eigenvalue weighted by atomic mass is 10.1. The Balaban J connectivity index is 2.11. The summed E-state index contributed by atoms with van der Waals surface area (Å²) in [4.78, 5) is 10.7. The second kappa shape index (κ2) is 5.91. The summed E-state index contributed by atoms with van der Waals surface area (Å²) in [6.45, 7) is 0. The van der Waals surface area contributed by atoms with E-state index < -0.39 is 5.97 Å². The van der Waals surface area contributed by atoms with E-state index in [0.717, 1.165) is 22.7 Å². The first-order valence-corrected chi connectivity index (χ1v) is 5.89. The highest BCUT2D eigenvalue weighted by Crippen LogP contribution is 2.20. The monoisotopic (exact) mass is 257 g/mol. The third-order valence-corrected chi connectivity index (χ3v) is 2.66. The first kappa shape index (κ1) is 13.0. The number of hydrogen-bond acceptors (Lipinski definition) is 3. The zero-order chi connectivity index (χ0) is 13.7. The second-order valence-electron chi connectivity index (χ2n) is 4.12. The van der Waals surface area contributed by atoms with Gasteiger partial charge in [0.25, 0.3) is 0 Å². The van der Waals surface area contributed by atoms with Crippen molar-refractivity contribution < 1.29 is 14.6 Å². The van der Waals surface area contributed by atoms with Crippen molar-refractivity contribution in [2.24, 2.45) is 0 Å². The van der Waals surface area contributed by atoms with Crippen LogP contribution in [0.4, 0.5) is 11.4 Å². The van der Waals surface area contributed by atoms with Gasteiger partial charge in [-0.15, -0.1) is 0 Å². The number of benzene rings is 2. The van der Waals surface area contributed by atoms with Crippen LogP contribution in [0.5, 0.6) is 5.75 Å². The average molecular weight is 257 g/mol. The van der Waals surface area contributed by atoms with Gasteiger partial charge in [-0.25, -0.2) is 0 Å². The molecule has 2 rings (SSSR count). The molecule has 0 aliphatic rings. The first-order chi connectivity index (χ1) is 9.17. The topological polar surface area (TPSA) is 58.6 Å². The number of rotatable bonds is 5. The van der Waals surface area contributed by atoms with Gasteiger partial charge in [0.1, 0.15) is 5.75 Å². The fourth-order valence-electron chi connectivity index (χ4n) is 1.77. The normalized spacial score (nSPS) is 9.95. The minimum absolute atomic E-state index is 0.0259. The van der Waals surface area contributed by atoms with E-state index in [2.05, 4.69) is 5.32 Å². The zero-order valence-corrected chi connectivity index (χ0v) is 10.6. The van der Waals surface area contributed by atoms with E-state index in [1.807, 2.05) is 42.5 Å². The van der Waals surface area contributed by atoms with Gasteiger partial charge in [0.05, 0.1) is 13.5 Å². The molecular weight excluding hydrogens is 242 g/mol. The van der Waals surface area contributed by atoms with Gasteiger partial charge >= 0.3 is 5.97 Å². The van der Waals surface area contributed by atoms with Crippen LogP contribution in [0.2, 0.25) is 0 Å². The number of carboxylic acids is 1. The molecule has 0 spiro atoms. The summed E-state index contributed by atoms with van der Waals surface area (Å²) in [5, 5.41) is 12.0. The standard InChI is InChI=1S/C15H15NO3/c1-19-14-7-5-12(6-8-14)16-13-4-2-3-11(9-13)10-15(17)18/h2-9,16H,10H2,1H3,(H,17,18). The van der Waals surface area contributed by atoms with Gasteiger partial charge < -0.3 is 15.2 Å². The van der Waals surface area contributed by atoms with Crippen LogP contribution in [-0.4, -0.2) is 18.2 Å². The van der Waals surface area contributed by atoms with Crippen LogP contribution in [0, 0.1) is 0 Å². The van der Waals surface area contributed by atoms with Crippen molar-refractivity contribution in [1.29, 1.82) is 0 Å². The van der Waals surface area contributed by atoms with Crippen molar-refractivity contribution in [3.05, 3.63) is 54.1 Å². The minimum Gasteiger partial charge on any atom is -0.497 e. The maximum Gasteiger partial charge on any atom is 0.307 e. The molecule has 0 aliphatic heterocycles. The molecule has 0 heterocycles. The summed E-state index contributed by atoms with van der Waals surface area (Å²) in [7, 11) is 1.62. The fraction of sp³-hybridized carbons (Fsp3) is 0.133. The predicted octanol–water partition coefficient (Wildman–Crippen LogP) is 3.07. The third kappa shape index (κ3) is 3.74. The van der Waals surface area contributed by atoms with Crippen LogP contribution in [0.3, 0.4) is 0 Å². The van der Waals surface area contributed by atoms with Gasteiger partial charge in [0.2, 0.25) is 0 Å². The molecule has 4 nitrogen and oxygen atoms in total. The molecule has 2 aromatic rings. The molecule has 2 aromatic carbocycles. The summed E-state index contributed by atoms with van der Waals surface area (Å²) < 4.78 is 5.09. The Morgan fingerprint density at radius 3 is 2.53 bits per heavy atom. The van der Waals surface area contributed by atoms with E-state index in [-0.39, 0.29) is 6.42 Å². The maximum atomic E-state index is 10.7. The highest BCUT2D eigenvalue weighted by Gasteiger charge is 2.02. The Hall–Kier alpha value is -2.49. The van der Waals surface area contributed by atoms with Crippen molar-refractivity contribution in [1.82, 2.24) is 0 Å². The number of aliphatic carboxylic acids is 1. The molecule has 19 heavy (non-hydrogen) atoms. The summed E-state index contributed by atoms with van der Waals surface area (Å²) >= 11 is 0. The smallest absolute Gasteiger partial charge is 0.307 e. The number of carboxylic acid groups (broad SMARTS) is 1. The molecule has 0 bridgehead atoms. The molecule has 98 valence electrons. The number of anilines is 2. The SMILES string of the molecule is COc1ccc(Nc2cccc(CC(=O)O)c2)cc1. The fourth-order valence-corrected chi connectivity index (χ4v) is 1.77. The lowest BCUT2D eigenvalue weighted by Crippen LogP contribution is -2.00. The van der Waals surface area contributed by atoms with Gasteiger partial charge in [0, 0.05) is 11.4 Å². The van der Waals surface area contributed by atoms with Crippen LogP contribution in [0.15, 0.2) is 48.5 Å². The lowest BCUT2D eigenvalue weighted by molar-refractivity contribution is -0.136. The van der Waals surface area contributed by atoms with Gasteiger partial charge in [-0.1, -0.05) is 12.1 Å². The summed E-state index contributed by atoms with van der Waals surface area (Å²) in [6, 6.07) is 14.9. The second-order valence-corrected chi connectivity index (χ2v) is 4.12. The number of hydrogen-bond donors (Lipinski definition) is 2. The third-order valence-electron chi connectivity index (χ3n) is 2.66. The Bertz CT molecular complexity index is 564. The van der Waals surface area contributed by atoms with Crippen LogP contribution < -0.4 is 10.1 Å². The molecule has 0 radical (unpaired) electrons. The van der Waals surface area contributed by atoms with Crippen molar-refractivity contribution in [2.75, 3.05) is 12.4 Å². The first-order valence-electron chi connectivity index (χ1n) is 5.89. The molecule has 0 saturated carbocycles. The highest BCUT2D eigenvalue weighted by atomic mass is 16.5. The van der Waals surface area contributed by atoms with Crippen LogP contribution in [0.25, 0.3) is 0 Å². The van der Waals surface area contributed by atoms with E-state index in [4.69, 9.17) is 9.84 Å². The summed E-state index contributed by atoms with van der Waals surface area (Å²) in [5.74, 6) is -0.0354. The Kier molecular flexibility index (Phi) is 4.03. The summed E-state index contributed by atoms with van der Waals surface area (Å²) in [5.41, 5.74) is 2.56. The van der Waals surface area contributed by atoms with E-state index >= 15 is 0 Å². The molecule has 2 N–H and O–H groups in total.